The van der Waals surface area contributed by atoms with E-state index < -0.39 is 24.2 Å². The van der Waals surface area contributed by atoms with Crippen LogP contribution in [0.5, 0.6) is 0 Å². The molecule has 9 nitrogen and oxygen atoms in total. The molecule has 0 atom stereocenters. The second-order valence-corrected chi connectivity index (χ2v) is 8.08. The number of anilines is 3. The molecule has 172 valence electrons. The van der Waals surface area contributed by atoms with Crippen LogP contribution in [0.3, 0.4) is 0 Å². The zero-order valence-corrected chi connectivity index (χ0v) is 19.0. The van der Waals surface area contributed by atoms with Gasteiger partial charge in [0.1, 0.15) is 0 Å². The molecule has 0 aliphatic rings. The molecule has 1 heterocycles. The number of aryl methyl sites for hydroxylation is 1. The van der Waals surface area contributed by atoms with Crippen LogP contribution in [0.25, 0.3) is 11.3 Å². The maximum Gasteiger partial charge on any atom is 0.409 e. The quantitative estimate of drug-likeness (QED) is 0.255. The summed E-state index contributed by atoms with van der Waals surface area (Å²) in [4.78, 5) is 36.5. The van der Waals surface area contributed by atoms with Gasteiger partial charge in [-0.15, -0.1) is 0 Å². The third-order valence-corrected chi connectivity index (χ3v) is 4.80. The van der Waals surface area contributed by atoms with Gasteiger partial charge in [0.25, 0.3) is 0 Å². The molecule has 10 heteroatoms. The molecule has 2 aromatic carbocycles. The lowest BCUT2D eigenvalue weighted by Crippen LogP contribution is -2.19. The first-order valence-electron chi connectivity index (χ1n) is 10.1. The summed E-state index contributed by atoms with van der Waals surface area (Å²) >= 11 is 6.27. The van der Waals surface area contributed by atoms with E-state index in [-0.39, 0.29) is 22.4 Å². The van der Waals surface area contributed by atoms with E-state index in [1.165, 1.54) is 12.1 Å². The predicted molar refractivity (Wildman–Crippen MR) is 126 cm³/mol. The molecular weight excluding hydrogens is 448 g/mol. The Bertz CT molecular complexity index is 1210. The molecule has 0 bridgehead atoms. The van der Waals surface area contributed by atoms with Crippen molar-refractivity contribution in [3.8, 4) is 11.3 Å². The highest BCUT2D eigenvalue weighted by Gasteiger charge is 2.17. The molecular formula is C23H23ClN4O5. The number of hydrogen-bond acceptors (Lipinski definition) is 6. The van der Waals surface area contributed by atoms with Crippen LogP contribution in [-0.2, 0) is 4.79 Å². The number of aromatic nitrogens is 1. The fourth-order valence-corrected chi connectivity index (χ4v) is 3.32. The number of Topliss-reactive ketones (excluding diaryl/α,β-unsaturated/α-hetero) is 1. The minimum atomic E-state index is -1.31. The van der Waals surface area contributed by atoms with Crippen LogP contribution in [0.2, 0.25) is 5.02 Å². The first kappa shape index (κ1) is 23.8. The van der Waals surface area contributed by atoms with Crippen molar-refractivity contribution < 1.29 is 24.0 Å². The minimum absolute atomic E-state index is 0.0508. The molecule has 33 heavy (non-hydrogen) atoms. The topological polar surface area (TPSA) is 134 Å². The summed E-state index contributed by atoms with van der Waals surface area (Å²) in [5.74, 6) is -0.516. The second-order valence-electron chi connectivity index (χ2n) is 7.67. The van der Waals surface area contributed by atoms with Gasteiger partial charge < -0.3 is 20.3 Å². The summed E-state index contributed by atoms with van der Waals surface area (Å²) in [5.41, 5.74) is 2.47. The van der Waals surface area contributed by atoms with Gasteiger partial charge in [0, 0.05) is 23.2 Å². The van der Waals surface area contributed by atoms with Crippen molar-refractivity contribution in [3.63, 3.8) is 0 Å². The first-order chi connectivity index (χ1) is 15.6. The largest absolute Gasteiger partial charge is 0.465 e. The molecule has 2 amide bonds. The molecule has 3 rings (SSSR count). The highest BCUT2D eigenvalue weighted by Crippen LogP contribution is 2.34. The van der Waals surface area contributed by atoms with Gasteiger partial charge >= 0.3 is 6.09 Å². The van der Waals surface area contributed by atoms with Gasteiger partial charge in [-0.25, -0.2) is 4.79 Å². The molecule has 1 aromatic heterocycles. The number of amides is 2. The van der Waals surface area contributed by atoms with E-state index in [0.717, 1.165) is 0 Å². The van der Waals surface area contributed by atoms with Gasteiger partial charge in [0.05, 0.1) is 34.2 Å². The van der Waals surface area contributed by atoms with Crippen LogP contribution in [0.4, 0.5) is 21.9 Å². The average Bonchev–Trinajstić information content (AvgIpc) is 3.17. The molecule has 0 aliphatic heterocycles. The number of carbonyl (C=O) groups excluding carboxylic acids is 2. The molecule has 0 unspecified atom stereocenters. The van der Waals surface area contributed by atoms with Crippen LogP contribution >= 0.6 is 11.6 Å². The number of hydrogen-bond donors (Lipinski definition) is 4. The van der Waals surface area contributed by atoms with Crippen molar-refractivity contribution in [2.45, 2.75) is 33.2 Å². The zero-order valence-electron chi connectivity index (χ0n) is 18.2. The van der Waals surface area contributed by atoms with E-state index in [0.29, 0.717) is 28.3 Å². The lowest BCUT2D eigenvalue weighted by atomic mass is 10.0. The smallest absolute Gasteiger partial charge is 0.409 e. The number of rotatable bonds is 8. The van der Waals surface area contributed by atoms with E-state index >= 15 is 0 Å². The van der Waals surface area contributed by atoms with Crippen molar-refractivity contribution in [3.05, 3.63) is 58.7 Å². The Balaban J connectivity index is 1.76. The third-order valence-electron chi connectivity index (χ3n) is 4.49. The van der Waals surface area contributed by atoms with Crippen LogP contribution in [0.15, 0.2) is 47.0 Å². The Labute approximate surface area is 195 Å². The van der Waals surface area contributed by atoms with E-state index in [2.05, 4.69) is 21.1 Å². The van der Waals surface area contributed by atoms with E-state index in [4.69, 9.17) is 21.2 Å². The van der Waals surface area contributed by atoms with Gasteiger partial charge in [0.15, 0.2) is 11.5 Å². The summed E-state index contributed by atoms with van der Waals surface area (Å²) < 4.78 is 5.22. The number of halogens is 1. The number of ketones is 1. The minimum Gasteiger partial charge on any atom is -0.465 e. The molecule has 0 radical (unpaired) electrons. The van der Waals surface area contributed by atoms with Crippen molar-refractivity contribution in [2.24, 2.45) is 0 Å². The van der Waals surface area contributed by atoms with Gasteiger partial charge in [-0.3, -0.25) is 14.9 Å². The fraction of sp³-hybridized carbons (Fsp3) is 0.217. The maximum atomic E-state index is 12.7. The predicted octanol–water partition coefficient (Wildman–Crippen LogP) is 5.43. The monoisotopic (exact) mass is 470 g/mol. The number of carboxylic acid groups (broad SMARTS) is 1. The summed E-state index contributed by atoms with van der Waals surface area (Å²) in [5, 5.41) is 21.2. The van der Waals surface area contributed by atoms with Crippen LogP contribution < -0.4 is 16.0 Å². The zero-order chi connectivity index (χ0) is 24.1. The summed E-state index contributed by atoms with van der Waals surface area (Å²) in [7, 11) is 0. The molecule has 0 aliphatic carbocycles. The second kappa shape index (κ2) is 10.2. The Morgan fingerprint density at radius 1 is 1.06 bits per heavy atom. The van der Waals surface area contributed by atoms with Crippen molar-refractivity contribution in [1.29, 1.82) is 0 Å². The number of benzene rings is 2. The highest BCUT2D eigenvalue weighted by molar-refractivity contribution is 6.34. The summed E-state index contributed by atoms with van der Waals surface area (Å²) in [6.07, 6.45) is -1.76. The standard InChI is InChI=1S/C23H23ClN4O5/c1-12(2)25-17-10-19(27-23(31)32)18(9-16(17)24)26-22(30)11-20(29)14-5-4-6-15(8-14)21-7-13(3)28-33-21/h4-10,12,25,27H,11H2,1-3H3,(H,26,30)(H,31,32). The number of nitrogens with zero attached hydrogens (tertiary/aromatic N) is 1. The number of carbonyl (C=O) groups is 3. The van der Waals surface area contributed by atoms with E-state index in [9.17, 15) is 14.4 Å². The molecule has 0 saturated heterocycles. The molecule has 3 aromatic rings. The SMILES string of the molecule is Cc1cc(-c2cccc(C(=O)CC(=O)Nc3cc(Cl)c(NC(C)C)cc3NC(=O)O)c2)on1. The van der Waals surface area contributed by atoms with Crippen molar-refractivity contribution in [2.75, 3.05) is 16.0 Å². The lowest BCUT2D eigenvalue weighted by molar-refractivity contribution is -0.115. The van der Waals surface area contributed by atoms with Gasteiger partial charge in [-0.05, 0) is 39.0 Å². The first-order valence-corrected chi connectivity index (χ1v) is 10.5. The summed E-state index contributed by atoms with van der Waals surface area (Å²) in [6, 6.07) is 11.4. The summed E-state index contributed by atoms with van der Waals surface area (Å²) in [6.45, 7) is 5.60. The average molecular weight is 471 g/mol. The number of nitrogens with one attached hydrogen (secondary N) is 3. The Morgan fingerprint density at radius 2 is 1.79 bits per heavy atom. The van der Waals surface area contributed by atoms with Gasteiger partial charge in [0.2, 0.25) is 5.91 Å². The molecule has 4 N–H and O–H groups in total. The molecule has 0 spiro atoms. The van der Waals surface area contributed by atoms with Crippen LogP contribution in [0.1, 0.15) is 36.3 Å². The third kappa shape index (κ3) is 6.33. The molecule has 0 fully saturated rings. The normalized spacial score (nSPS) is 10.7. The van der Waals surface area contributed by atoms with Gasteiger partial charge in [-0.1, -0.05) is 35.0 Å². The lowest BCUT2D eigenvalue weighted by Gasteiger charge is -2.17. The maximum absolute atomic E-state index is 12.7. The Hall–Kier alpha value is -3.85. The molecule has 0 saturated carbocycles. The Kier molecular flexibility index (Phi) is 7.34. The fourth-order valence-electron chi connectivity index (χ4n) is 3.10. The van der Waals surface area contributed by atoms with Crippen molar-refractivity contribution >= 4 is 46.4 Å². The van der Waals surface area contributed by atoms with E-state index in [1.807, 2.05) is 13.8 Å². The van der Waals surface area contributed by atoms with Crippen LogP contribution in [0, 0.1) is 6.92 Å². The van der Waals surface area contributed by atoms with E-state index in [1.54, 1.807) is 37.3 Å². The van der Waals surface area contributed by atoms with Crippen LogP contribution in [-0.4, -0.2) is 34.1 Å². The highest BCUT2D eigenvalue weighted by atomic mass is 35.5. The Morgan fingerprint density at radius 3 is 2.42 bits per heavy atom. The van der Waals surface area contributed by atoms with Crippen molar-refractivity contribution in [1.82, 2.24) is 5.16 Å². The van der Waals surface area contributed by atoms with Gasteiger partial charge in [-0.2, -0.15) is 0 Å².